The predicted octanol–water partition coefficient (Wildman–Crippen LogP) is 3.32. The zero-order chi connectivity index (χ0) is 22.1. The molecule has 2 amide bonds. The van der Waals surface area contributed by atoms with Crippen molar-refractivity contribution >= 4 is 29.2 Å². The zero-order valence-electron chi connectivity index (χ0n) is 17.9. The van der Waals surface area contributed by atoms with Crippen LogP contribution in [-0.4, -0.2) is 48.9 Å². The molecule has 2 aromatic rings. The van der Waals surface area contributed by atoms with Crippen molar-refractivity contribution in [2.24, 2.45) is 0 Å². The fraction of sp³-hybridized carbons (Fsp3) is 0.348. The van der Waals surface area contributed by atoms with Gasteiger partial charge in [0.05, 0.1) is 24.8 Å². The van der Waals surface area contributed by atoms with E-state index in [1.54, 1.807) is 50.1 Å². The van der Waals surface area contributed by atoms with Gasteiger partial charge in [0.15, 0.2) is 0 Å². The molecule has 0 heterocycles. The molecular formula is C23H29N3O4. The number of amides is 2. The predicted molar refractivity (Wildman–Crippen MR) is 118 cm³/mol. The second-order valence-electron chi connectivity index (χ2n) is 7.31. The number of ether oxygens (including phenoxy) is 1. The van der Waals surface area contributed by atoms with E-state index in [-0.39, 0.29) is 31.0 Å². The molecule has 0 aliphatic heterocycles. The number of nitrogens with zero attached hydrogens (tertiary/aromatic N) is 1. The highest BCUT2D eigenvalue weighted by molar-refractivity contribution is 5.95. The summed E-state index contributed by atoms with van der Waals surface area (Å²) in [4.78, 5) is 38.0. The molecule has 0 unspecified atom stereocenters. The number of rotatable bonds is 9. The number of anilines is 2. The molecule has 160 valence electrons. The summed E-state index contributed by atoms with van der Waals surface area (Å²) in [6, 6.07) is 14.1. The van der Waals surface area contributed by atoms with Crippen LogP contribution in [0.25, 0.3) is 0 Å². The van der Waals surface area contributed by atoms with Crippen LogP contribution in [-0.2, 0) is 20.7 Å². The molecule has 0 spiro atoms. The van der Waals surface area contributed by atoms with Crippen LogP contribution in [0, 0.1) is 0 Å². The topological polar surface area (TPSA) is 87.7 Å². The number of esters is 1. The molecule has 2 N–H and O–H groups in total. The number of carbonyl (C=O) groups is 3. The third-order valence-electron chi connectivity index (χ3n) is 4.25. The van der Waals surface area contributed by atoms with Crippen LogP contribution in [0.5, 0.6) is 0 Å². The molecule has 0 saturated heterocycles. The Morgan fingerprint density at radius 1 is 0.933 bits per heavy atom. The zero-order valence-corrected chi connectivity index (χ0v) is 17.9. The number of hydrogen-bond donors (Lipinski definition) is 2. The fourth-order valence-electron chi connectivity index (χ4n) is 2.86. The number of likely N-dealkylation sites (N-methyl/N-ethyl adjacent to an activating group) is 1. The fourth-order valence-corrected chi connectivity index (χ4v) is 2.86. The lowest BCUT2D eigenvalue weighted by atomic mass is 10.1. The summed E-state index contributed by atoms with van der Waals surface area (Å²) in [5.74, 6) is -0.839. The molecule has 7 nitrogen and oxygen atoms in total. The Morgan fingerprint density at radius 3 is 2.13 bits per heavy atom. The van der Waals surface area contributed by atoms with Crippen LogP contribution in [0.1, 0.15) is 36.7 Å². The second kappa shape index (κ2) is 11.1. The van der Waals surface area contributed by atoms with Crippen LogP contribution in [0.2, 0.25) is 0 Å². The van der Waals surface area contributed by atoms with Crippen LogP contribution in [0.15, 0.2) is 48.5 Å². The molecule has 0 fully saturated rings. The maximum atomic E-state index is 12.3. The summed E-state index contributed by atoms with van der Waals surface area (Å²) >= 11 is 0. The molecule has 0 atom stereocenters. The minimum Gasteiger partial charge on any atom is -0.459 e. The van der Waals surface area contributed by atoms with Gasteiger partial charge in [-0.3, -0.25) is 14.5 Å². The van der Waals surface area contributed by atoms with E-state index >= 15 is 0 Å². The summed E-state index contributed by atoms with van der Waals surface area (Å²) in [6.45, 7) is 5.74. The van der Waals surface area contributed by atoms with Gasteiger partial charge < -0.3 is 15.4 Å². The number of hydrogen-bond acceptors (Lipinski definition) is 5. The van der Waals surface area contributed by atoms with Crippen molar-refractivity contribution in [3.8, 4) is 0 Å². The van der Waals surface area contributed by atoms with Crippen molar-refractivity contribution in [1.29, 1.82) is 0 Å². The molecule has 0 aliphatic carbocycles. The molecule has 0 saturated carbocycles. The minimum absolute atomic E-state index is 0.0555. The van der Waals surface area contributed by atoms with Gasteiger partial charge in [-0.15, -0.1) is 0 Å². The summed E-state index contributed by atoms with van der Waals surface area (Å²) in [5, 5.41) is 5.65. The normalized spacial score (nSPS) is 10.7. The van der Waals surface area contributed by atoms with E-state index in [1.165, 1.54) is 0 Å². The average molecular weight is 412 g/mol. The number of benzene rings is 2. The molecule has 0 aromatic heterocycles. The molecule has 7 heteroatoms. The Hall–Kier alpha value is -3.19. The van der Waals surface area contributed by atoms with E-state index in [2.05, 4.69) is 10.6 Å². The highest BCUT2D eigenvalue weighted by Crippen LogP contribution is 2.15. The van der Waals surface area contributed by atoms with E-state index in [1.807, 2.05) is 31.2 Å². The molecule has 2 rings (SSSR count). The van der Waals surface area contributed by atoms with Crippen molar-refractivity contribution in [3.63, 3.8) is 0 Å². The first-order valence-corrected chi connectivity index (χ1v) is 9.95. The highest BCUT2D eigenvalue weighted by Gasteiger charge is 2.13. The highest BCUT2D eigenvalue weighted by atomic mass is 16.5. The van der Waals surface area contributed by atoms with Gasteiger partial charge >= 0.3 is 5.97 Å². The van der Waals surface area contributed by atoms with Crippen molar-refractivity contribution in [3.05, 3.63) is 59.7 Å². The summed E-state index contributed by atoms with van der Waals surface area (Å²) < 4.78 is 5.13. The minimum atomic E-state index is -0.404. The molecular weight excluding hydrogens is 382 g/mol. The summed E-state index contributed by atoms with van der Waals surface area (Å²) in [6.07, 6.45) is 0.628. The van der Waals surface area contributed by atoms with E-state index in [0.29, 0.717) is 11.3 Å². The van der Waals surface area contributed by atoms with E-state index in [4.69, 9.17) is 4.74 Å². The summed E-state index contributed by atoms with van der Waals surface area (Å²) in [7, 11) is 1.70. The Balaban J connectivity index is 1.82. The third kappa shape index (κ3) is 7.33. The number of nitrogens with one attached hydrogen (secondary N) is 2. The Labute approximate surface area is 177 Å². The van der Waals surface area contributed by atoms with Gasteiger partial charge in [0.25, 0.3) is 0 Å². The molecule has 30 heavy (non-hydrogen) atoms. The first-order chi connectivity index (χ1) is 14.3. The van der Waals surface area contributed by atoms with E-state index in [0.717, 1.165) is 17.7 Å². The number of carbonyl (C=O) groups excluding carboxylic acids is 3. The van der Waals surface area contributed by atoms with Gasteiger partial charge in [-0.25, -0.2) is 4.79 Å². The summed E-state index contributed by atoms with van der Waals surface area (Å²) in [5.41, 5.74) is 2.84. The smallest absolute Gasteiger partial charge is 0.338 e. The Bertz CT molecular complexity index is 878. The largest absolute Gasteiger partial charge is 0.459 e. The maximum Gasteiger partial charge on any atom is 0.338 e. The van der Waals surface area contributed by atoms with Crippen LogP contribution < -0.4 is 10.6 Å². The lowest BCUT2D eigenvalue weighted by molar-refractivity contribution is -0.119. The first kappa shape index (κ1) is 23.1. The van der Waals surface area contributed by atoms with Crippen LogP contribution in [0.4, 0.5) is 11.4 Å². The van der Waals surface area contributed by atoms with Crippen molar-refractivity contribution < 1.29 is 19.1 Å². The Morgan fingerprint density at radius 2 is 1.53 bits per heavy atom. The molecule has 2 aromatic carbocycles. The van der Waals surface area contributed by atoms with Gasteiger partial charge in [-0.05, 0) is 63.2 Å². The lowest BCUT2D eigenvalue weighted by Gasteiger charge is -2.17. The number of para-hydroxylation sites is 1. The Kier molecular flexibility index (Phi) is 8.55. The molecule has 0 radical (unpaired) electrons. The van der Waals surface area contributed by atoms with Gasteiger partial charge in [-0.2, -0.15) is 0 Å². The van der Waals surface area contributed by atoms with E-state index < -0.39 is 5.97 Å². The van der Waals surface area contributed by atoms with Gasteiger partial charge in [0, 0.05) is 11.4 Å². The third-order valence-corrected chi connectivity index (χ3v) is 4.25. The van der Waals surface area contributed by atoms with Gasteiger partial charge in [0.1, 0.15) is 0 Å². The van der Waals surface area contributed by atoms with Crippen LogP contribution >= 0.6 is 0 Å². The first-order valence-electron chi connectivity index (χ1n) is 9.95. The molecule has 0 bridgehead atoms. The van der Waals surface area contributed by atoms with Crippen LogP contribution in [0.3, 0.4) is 0 Å². The second-order valence-corrected chi connectivity index (χ2v) is 7.31. The quantitative estimate of drug-likeness (QED) is 0.618. The maximum absolute atomic E-state index is 12.3. The molecule has 0 aliphatic rings. The monoisotopic (exact) mass is 411 g/mol. The standard InChI is InChI=1S/C23H29N3O4/c1-5-17-8-6-7-9-20(17)25-22(28)15-26(4)14-21(27)24-19-12-10-18(11-13-19)23(29)30-16(2)3/h6-13,16H,5,14-15H2,1-4H3,(H,24,27)(H,25,28). The van der Waals surface area contributed by atoms with E-state index in [9.17, 15) is 14.4 Å². The van der Waals surface area contributed by atoms with Crippen molar-refractivity contribution in [2.75, 3.05) is 30.8 Å². The van der Waals surface area contributed by atoms with Gasteiger partial charge in [0.2, 0.25) is 11.8 Å². The number of aryl methyl sites for hydroxylation is 1. The SMILES string of the molecule is CCc1ccccc1NC(=O)CN(C)CC(=O)Nc1ccc(C(=O)OC(C)C)cc1. The lowest BCUT2D eigenvalue weighted by Crippen LogP contribution is -2.36. The average Bonchev–Trinajstić information content (AvgIpc) is 2.68. The van der Waals surface area contributed by atoms with Gasteiger partial charge in [-0.1, -0.05) is 25.1 Å². The van der Waals surface area contributed by atoms with Crippen molar-refractivity contribution in [1.82, 2.24) is 4.90 Å². The van der Waals surface area contributed by atoms with Crippen molar-refractivity contribution in [2.45, 2.75) is 33.3 Å².